The molecule has 15 heavy (non-hydrogen) atoms. The summed E-state index contributed by atoms with van der Waals surface area (Å²) in [6.07, 6.45) is 6.08. The molecule has 0 spiro atoms. The van der Waals surface area contributed by atoms with Crippen LogP contribution in [0.3, 0.4) is 0 Å². The third kappa shape index (κ3) is 3.13. The van der Waals surface area contributed by atoms with Crippen LogP contribution in [0.1, 0.15) is 32.1 Å². The van der Waals surface area contributed by atoms with E-state index in [1.165, 1.54) is 25.7 Å². The minimum atomic E-state index is 0.227. The topological polar surface area (TPSA) is 29.1 Å². The summed E-state index contributed by atoms with van der Waals surface area (Å²) in [7, 11) is 0. The second-order valence-corrected chi connectivity index (χ2v) is 6.58. The van der Waals surface area contributed by atoms with Gasteiger partial charge in [-0.15, -0.1) is 11.8 Å². The van der Waals surface area contributed by atoms with Gasteiger partial charge in [0.2, 0.25) is 5.91 Å². The number of hydrogen-bond acceptors (Lipinski definition) is 2. The molecule has 2 aliphatic rings. The Kier molecular flexibility index (Phi) is 3.99. The summed E-state index contributed by atoms with van der Waals surface area (Å²) in [5.41, 5.74) is 0.398. The number of carbonyl (C=O) groups excluding carboxylic acids is 1. The zero-order chi connectivity index (χ0) is 10.7. The molecule has 0 aromatic carbocycles. The van der Waals surface area contributed by atoms with Crippen LogP contribution in [-0.2, 0) is 4.79 Å². The Morgan fingerprint density at radius 2 is 2.27 bits per heavy atom. The van der Waals surface area contributed by atoms with E-state index in [4.69, 9.17) is 0 Å². The predicted molar refractivity (Wildman–Crippen MR) is 68.6 cm³/mol. The van der Waals surface area contributed by atoms with Crippen LogP contribution in [0.15, 0.2) is 0 Å². The fourth-order valence-electron chi connectivity index (χ4n) is 1.87. The first kappa shape index (κ1) is 11.8. The predicted octanol–water partition coefficient (Wildman–Crippen LogP) is 2.56. The maximum atomic E-state index is 11.8. The lowest BCUT2D eigenvalue weighted by molar-refractivity contribution is -0.120. The zero-order valence-corrected chi connectivity index (χ0v) is 11.3. The Morgan fingerprint density at radius 1 is 1.47 bits per heavy atom. The Morgan fingerprint density at radius 3 is 2.80 bits per heavy atom. The van der Waals surface area contributed by atoms with Crippen molar-refractivity contribution in [3.8, 4) is 0 Å². The van der Waals surface area contributed by atoms with Gasteiger partial charge in [-0.2, -0.15) is 0 Å². The smallest absolute Gasteiger partial charge is 0.233 e. The second-order valence-electron chi connectivity index (χ2n) is 4.71. The van der Waals surface area contributed by atoms with Gasteiger partial charge in [-0.3, -0.25) is 4.79 Å². The molecule has 1 atom stereocenters. The van der Waals surface area contributed by atoms with E-state index >= 15 is 0 Å². The van der Waals surface area contributed by atoms with Gasteiger partial charge in [-0.25, -0.2) is 0 Å². The monoisotopic (exact) mass is 291 g/mol. The van der Waals surface area contributed by atoms with Gasteiger partial charge >= 0.3 is 0 Å². The highest BCUT2D eigenvalue weighted by Gasteiger charge is 2.41. The first-order chi connectivity index (χ1) is 7.26. The molecule has 1 amide bonds. The number of hydrogen-bond donors (Lipinski definition) is 1. The minimum Gasteiger partial charge on any atom is -0.355 e. The first-order valence-electron chi connectivity index (χ1n) is 5.71. The molecule has 0 aromatic heterocycles. The number of halogens is 1. The third-order valence-corrected chi connectivity index (χ3v) is 5.92. The maximum absolute atomic E-state index is 11.8. The van der Waals surface area contributed by atoms with E-state index in [1.807, 2.05) is 11.8 Å². The van der Waals surface area contributed by atoms with Gasteiger partial charge in [0.15, 0.2) is 0 Å². The molecular weight excluding hydrogens is 274 g/mol. The molecule has 2 nitrogen and oxygen atoms in total. The summed E-state index contributed by atoms with van der Waals surface area (Å²) in [6, 6.07) is 0. The molecule has 2 fully saturated rings. The summed E-state index contributed by atoms with van der Waals surface area (Å²) < 4.78 is 0. The number of rotatable bonds is 4. The Labute approximate surface area is 104 Å². The highest BCUT2D eigenvalue weighted by atomic mass is 79.9. The van der Waals surface area contributed by atoms with Gasteiger partial charge in [-0.05, 0) is 36.9 Å². The van der Waals surface area contributed by atoms with E-state index in [0.29, 0.717) is 5.41 Å². The number of thioether (sulfide) groups is 1. The molecule has 1 aliphatic heterocycles. The largest absolute Gasteiger partial charge is 0.355 e. The number of nitrogens with one attached hydrogen (secondary N) is 1. The molecule has 86 valence electrons. The molecule has 1 heterocycles. The van der Waals surface area contributed by atoms with E-state index in [1.54, 1.807) is 0 Å². The van der Waals surface area contributed by atoms with Gasteiger partial charge in [0.1, 0.15) is 0 Å². The van der Waals surface area contributed by atoms with Crippen LogP contribution in [0.4, 0.5) is 0 Å². The normalized spacial score (nSPS) is 28.5. The summed E-state index contributed by atoms with van der Waals surface area (Å²) in [6.45, 7) is 0.869. The minimum absolute atomic E-state index is 0.227. The van der Waals surface area contributed by atoms with Crippen molar-refractivity contribution in [2.45, 2.75) is 37.4 Å². The number of amides is 1. The van der Waals surface area contributed by atoms with Crippen LogP contribution >= 0.6 is 27.7 Å². The van der Waals surface area contributed by atoms with Crippen LogP contribution in [0.5, 0.6) is 0 Å². The van der Waals surface area contributed by atoms with Crippen molar-refractivity contribution < 1.29 is 4.79 Å². The lowest BCUT2D eigenvalue weighted by atomic mass is 10.1. The molecule has 4 heteroatoms. The Bertz CT molecular complexity index is 237. The van der Waals surface area contributed by atoms with Crippen LogP contribution < -0.4 is 5.32 Å². The van der Waals surface area contributed by atoms with Crippen molar-refractivity contribution >= 4 is 33.6 Å². The van der Waals surface area contributed by atoms with Gasteiger partial charge in [-0.1, -0.05) is 22.4 Å². The highest BCUT2D eigenvalue weighted by Crippen LogP contribution is 2.46. The second kappa shape index (κ2) is 5.09. The molecule has 1 saturated heterocycles. The zero-order valence-electron chi connectivity index (χ0n) is 8.93. The van der Waals surface area contributed by atoms with Crippen molar-refractivity contribution in [3.05, 3.63) is 0 Å². The van der Waals surface area contributed by atoms with E-state index in [9.17, 15) is 4.79 Å². The maximum Gasteiger partial charge on any atom is 0.233 e. The van der Waals surface area contributed by atoms with E-state index < -0.39 is 0 Å². The average molecular weight is 292 g/mol. The van der Waals surface area contributed by atoms with Crippen LogP contribution in [0.25, 0.3) is 0 Å². The Hall–Kier alpha value is 0.300. The molecule has 1 aliphatic carbocycles. The van der Waals surface area contributed by atoms with Crippen LogP contribution in [-0.4, -0.2) is 28.8 Å². The fraction of sp³-hybridized carbons (Fsp3) is 0.909. The van der Waals surface area contributed by atoms with Crippen molar-refractivity contribution in [3.63, 3.8) is 0 Å². The number of carbonyl (C=O) groups is 1. The van der Waals surface area contributed by atoms with E-state index in [-0.39, 0.29) is 11.2 Å². The van der Waals surface area contributed by atoms with Gasteiger partial charge in [0.05, 0.1) is 5.25 Å². The number of alkyl halides is 1. The van der Waals surface area contributed by atoms with E-state index in [2.05, 4.69) is 21.2 Å². The summed E-state index contributed by atoms with van der Waals surface area (Å²) in [5.74, 6) is 1.42. The van der Waals surface area contributed by atoms with Crippen molar-refractivity contribution in [2.75, 3.05) is 17.6 Å². The summed E-state index contributed by atoms with van der Waals surface area (Å²) >= 11 is 5.35. The lowest BCUT2D eigenvalue weighted by Crippen LogP contribution is -2.38. The summed E-state index contributed by atoms with van der Waals surface area (Å²) in [5, 5.41) is 4.37. The van der Waals surface area contributed by atoms with Gasteiger partial charge < -0.3 is 5.32 Å². The molecule has 0 aromatic rings. The van der Waals surface area contributed by atoms with Crippen LogP contribution in [0, 0.1) is 5.41 Å². The summed E-state index contributed by atoms with van der Waals surface area (Å²) in [4.78, 5) is 11.8. The SMILES string of the molecule is O=C(NCC1(CBr)CC1)C1CCCCS1. The molecule has 0 radical (unpaired) electrons. The highest BCUT2D eigenvalue weighted by molar-refractivity contribution is 9.09. The lowest BCUT2D eigenvalue weighted by Gasteiger charge is -2.21. The molecule has 1 saturated carbocycles. The van der Waals surface area contributed by atoms with Gasteiger partial charge in [0.25, 0.3) is 0 Å². The standard InChI is InChI=1S/C11H18BrNOS/c12-7-11(4-5-11)8-13-10(14)9-3-1-2-6-15-9/h9H,1-8H2,(H,13,14). The Balaban J connectivity index is 1.72. The molecule has 1 N–H and O–H groups in total. The average Bonchev–Trinajstić information content (AvgIpc) is 3.08. The van der Waals surface area contributed by atoms with Crippen LogP contribution in [0.2, 0.25) is 0 Å². The van der Waals surface area contributed by atoms with Crippen molar-refractivity contribution in [2.24, 2.45) is 5.41 Å². The van der Waals surface area contributed by atoms with Crippen molar-refractivity contribution in [1.29, 1.82) is 0 Å². The molecular formula is C11H18BrNOS. The third-order valence-electron chi connectivity index (χ3n) is 3.35. The molecule has 0 bridgehead atoms. The van der Waals surface area contributed by atoms with Gasteiger partial charge in [0, 0.05) is 11.9 Å². The van der Waals surface area contributed by atoms with E-state index in [0.717, 1.165) is 24.0 Å². The molecule has 1 unspecified atom stereocenters. The fourth-order valence-corrected chi connectivity index (χ4v) is 3.85. The van der Waals surface area contributed by atoms with Crippen molar-refractivity contribution in [1.82, 2.24) is 5.32 Å². The first-order valence-corrected chi connectivity index (χ1v) is 7.88. The quantitative estimate of drug-likeness (QED) is 0.807. The molecule has 2 rings (SSSR count).